The number of amides is 3. The Morgan fingerprint density at radius 3 is 2.31 bits per heavy atom. The predicted octanol–water partition coefficient (Wildman–Crippen LogP) is 5.73. The number of methoxy groups -OCH3 is 2. The van der Waals surface area contributed by atoms with Gasteiger partial charge in [0.15, 0.2) is 0 Å². The molecule has 1 aromatic rings. The van der Waals surface area contributed by atoms with E-state index in [9.17, 15) is 19.2 Å². The minimum Gasteiger partial charge on any atom is -0.543 e. The maximum Gasteiger partial charge on any atom is 0.324 e. The van der Waals surface area contributed by atoms with Gasteiger partial charge in [0.1, 0.15) is 23.9 Å². The number of carbonyl (C=O) groups excluding carboxylic acids is 4. The average molecular weight is 773 g/mol. The zero-order chi connectivity index (χ0) is 40.8. The van der Waals surface area contributed by atoms with Gasteiger partial charge in [-0.05, 0) is 67.9 Å². The van der Waals surface area contributed by atoms with Crippen molar-refractivity contribution in [3.05, 3.63) is 54.6 Å². The van der Waals surface area contributed by atoms with E-state index in [0.29, 0.717) is 31.6 Å². The number of hydrogen-bond acceptors (Lipinski definition) is 9. The highest BCUT2D eigenvalue weighted by Gasteiger charge is 2.40. The van der Waals surface area contributed by atoms with Gasteiger partial charge in [-0.2, -0.15) is 0 Å². The molecule has 1 aliphatic rings. The molecule has 13 heteroatoms. The number of nitrogens with zero attached hydrogens (tertiary/aromatic N) is 1. The molecule has 0 saturated carbocycles. The molecule has 0 radical (unpaired) electrons. The van der Waals surface area contributed by atoms with Crippen LogP contribution in [0, 0.1) is 17.8 Å². The number of ether oxygens (including phenoxy) is 3. The summed E-state index contributed by atoms with van der Waals surface area (Å²) in [5, 5.41) is 7.29. The molecular formula is C41H68N4O8Si. The van der Waals surface area contributed by atoms with E-state index in [0.717, 1.165) is 5.56 Å². The molecule has 1 aliphatic heterocycles. The molecular weight excluding hydrogens is 705 g/mol. The standard InChI is InChI=1S/C41H68N4O8Si/c1-14-16-24-52-40(49)32-22-18-23-45(44-32)39(48)33(26-30-20-17-21-31(25-30)53-54(12,13)41(7,8)9)42-38(47)35(27(3)4)43-37(46)29(6)36(51-11)28(5)34(50-10)19-15-2/h14-15,17,19-21,25,27-29,32-36,44H,1,16,18,22-24,26H2,2-13H3,(H,42,47)(H,43,46)/b19-15+/t28-,29+,32-,33-,34-,35-,36+/m0/s1. The van der Waals surface area contributed by atoms with Gasteiger partial charge in [-0.3, -0.25) is 24.2 Å². The third-order valence-corrected chi connectivity index (χ3v) is 14.9. The van der Waals surface area contributed by atoms with Crippen molar-refractivity contribution in [3.8, 4) is 5.75 Å². The number of carbonyl (C=O) groups is 4. The minimum absolute atomic E-state index is 0.0219. The molecule has 0 aromatic heterocycles. The minimum atomic E-state index is -2.16. The van der Waals surface area contributed by atoms with Crippen LogP contribution in [0.15, 0.2) is 49.1 Å². The molecule has 0 aliphatic carbocycles. The van der Waals surface area contributed by atoms with Crippen LogP contribution in [-0.2, 0) is 39.8 Å². The highest BCUT2D eigenvalue weighted by molar-refractivity contribution is 6.74. The van der Waals surface area contributed by atoms with E-state index in [4.69, 9.17) is 18.6 Å². The van der Waals surface area contributed by atoms with Gasteiger partial charge in [-0.25, -0.2) is 5.43 Å². The van der Waals surface area contributed by atoms with Gasteiger partial charge in [0.25, 0.3) is 5.91 Å². The number of rotatable bonds is 20. The first-order chi connectivity index (χ1) is 25.3. The van der Waals surface area contributed by atoms with Gasteiger partial charge in [0, 0.05) is 33.1 Å². The van der Waals surface area contributed by atoms with Gasteiger partial charge in [0.2, 0.25) is 20.1 Å². The third-order valence-electron chi connectivity index (χ3n) is 10.6. The Hall–Kier alpha value is -3.52. The zero-order valence-corrected chi connectivity index (χ0v) is 35.8. The lowest BCUT2D eigenvalue weighted by molar-refractivity contribution is -0.153. The second kappa shape index (κ2) is 21.5. The van der Waals surface area contributed by atoms with E-state index in [2.05, 4.69) is 56.5 Å². The summed E-state index contributed by atoms with van der Waals surface area (Å²) < 4.78 is 23.4. The van der Waals surface area contributed by atoms with Crippen LogP contribution in [-0.4, -0.2) is 94.7 Å². The predicted molar refractivity (Wildman–Crippen MR) is 215 cm³/mol. The Labute approximate surface area is 325 Å². The molecule has 0 spiro atoms. The van der Waals surface area contributed by atoms with Crippen LogP contribution >= 0.6 is 0 Å². The molecule has 1 saturated heterocycles. The molecule has 304 valence electrons. The molecule has 1 aromatic carbocycles. The third kappa shape index (κ3) is 13.3. The lowest BCUT2D eigenvalue weighted by Crippen LogP contribution is -2.62. The van der Waals surface area contributed by atoms with E-state index in [1.165, 1.54) is 5.01 Å². The second-order valence-electron chi connectivity index (χ2n) is 16.1. The summed E-state index contributed by atoms with van der Waals surface area (Å²) in [5.41, 5.74) is 3.83. The van der Waals surface area contributed by atoms with Gasteiger partial charge >= 0.3 is 5.97 Å². The van der Waals surface area contributed by atoms with E-state index in [1.54, 1.807) is 27.2 Å². The summed E-state index contributed by atoms with van der Waals surface area (Å²) in [7, 11) is 1.01. The molecule has 0 unspecified atom stereocenters. The van der Waals surface area contributed by atoms with E-state index >= 15 is 0 Å². The van der Waals surface area contributed by atoms with Crippen LogP contribution < -0.4 is 20.5 Å². The Morgan fingerprint density at radius 1 is 1.06 bits per heavy atom. The van der Waals surface area contributed by atoms with Crippen LogP contribution in [0.25, 0.3) is 0 Å². The molecule has 12 nitrogen and oxygen atoms in total. The first kappa shape index (κ1) is 46.6. The zero-order valence-electron chi connectivity index (χ0n) is 34.8. The van der Waals surface area contributed by atoms with Gasteiger partial charge in [0.05, 0.1) is 24.7 Å². The second-order valence-corrected chi connectivity index (χ2v) is 20.9. The first-order valence-electron chi connectivity index (χ1n) is 19.2. The Balaban J connectivity index is 2.40. The number of nitrogens with one attached hydrogen (secondary N) is 3. The summed E-state index contributed by atoms with van der Waals surface area (Å²) >= 11 is 0. The summed E-state index contributed by atoms with van der Waals surface area (Å²) in [6.45, 7) is 24.4. The summed E-state index contributed by atoms with van der Waals surface area (Å²) in [5.74, 6) is -2.11. The monoisotopic (exact) mass is 772 g/mol. The van der Waals surface area contributed by atoms with Crippen molar-refractivity contribution in [3.63, 3.8) is 0 Å². The largest absolute Gasteiger partial charge is 0.543 e. The fraction of sp³-hybridized carbons (Fsp3) is 0.659. The van der Waals surface area contributed by atoms with E-state index in [1.807, 2.05) is 64.1 Å². The molecule has 3 amide bonds. The topological polar surface area (TPSA) is 145 Å². The number of esters is 1. The van der Waals surface area contributed by atoms with Crippen molar-refractivity contribution in [1.82, 2.24) is 21.1 Å². The molecule has 2 rings (SSSR count). The van der Waals surface area contributed by atoms with Crippen molar-refractivity contribution in [2.75, 3.05) is 27.4 Å². The SMILES string of the molecule is C=CCCOC(=O)[C@@H]1CCCN(C(=O)[C@H](Cc2cccc(O[Si](C)(C)C(C)(C)C)c2)NC(=O)[C@@H](NC(=O)[C@H](C)[C@H](OC)[C@@H](C)[C@H](/C=C/C)OC)C(C)C)N1. The fourth-order valence-electron chi connectivity index (χ4n) is 6.22. The fourth-order valence-corrected chi connectivity index (χ4v) is 7.24. The van der Waals surface area contributed by atoms with Crippen molar-refractivity contribution in [2.45, 2.75) is 130 Å². The van der Waals surface area contributed by atoms with Crippen molar-refractivity contribution in [2.24, 2.45) is 17.8 Å². The van der Waals surface area contributed by atoms with Crippen molar-refractivity contribution < 1.29 is 37.8 Å². The average Bonchev–Trinajstić information content (AvgIpc) is 3.11. The van der Waals surface area contributed by atoms with Crippen LogP contribution in [0.4, 0.5) is 0 Å². The maximum atomic E-state index is 14.3. The number of allylic oxidation sites excluding steroid dienone is 1. The van der Waals surface area contributed by atoms with Crippen LogP contribution in [0.3, 0.4) is 0 Å². The smallest absolute Gasteiger partial charge is 0.324 e. The lowest BCUT2D eigenvalue weighted by atomic mass is 9.87. The Morgan fingerprint density at radius 2 is 1.74 bits per heavy atom. The van der Waals surface area contributed by atoms with Gasteiger partial charge in [-0.15, -0.1) is 6.58 Å². The van der Waals surface area contributed by atoms with E-state index in [-0.39, 0.29) is 41.9 Å². The number of hydrogen-bond donors (Lipinski definition) is 3. The Bertz CT molecular complexity index is 1430. The highest BCUT2D eigenvalue weighted by atomic mass is 28.4. The quantitative estimate of drug-likeness (QED) is 0.0655. The molecule has 3 N–H and O–H groups in total. The molecule has 1 heterocycles. The first-order valence-corrected chi connectivity index (χ1v) is 22.1. The summed E-state index contributed by atoms with van der Waals surface area (Å²) in [6, 6.07) is 4.89. The highest BCUT2D eigenvalue weighted by Crippen LogP contribution is 2.37. The van der Waals surface area contributed by atoms with Crippen molar-refractivity contribution >= 4 is 32.0 Å². The molecule has 54 heavy (non-hydrogen) atoms. The summed E-state index contributed by atoms with van der Waals surface area (Å²) in [6.07, 6.45) is 6.45. The number of benzene rings is 1. The van der Waals surface area contributed by atoms with Gasteiger partial charge in [-0.1, -0.05) is 78.8 Å². The number of hydrazine groups is 1. The summed E-state index contributed by atoms with van der Waals surface area (Å²) in [4.78, 5) is 55.0. The van der Waals surface area contributed by atoms with Crippen LogP contribution in [0.5, 0.6) is 5.75 Å². The molecule has 7 atom stereocenters. The van der Waals surface area contributed by atoms with Crippen molar-refractivity contribution in [1.29, 1.82) is 0 Å². The normalized spacial score (nSPS) is 18.6. The lowest BCUT2D eigenvalue weighted by Gasteiger charge is -2.37. The molecule has 0 bridgehead atoms. The Kier molecular flexibility index (Phi) is 18.6. The maximum absolute atomic E-state index is 14.3. The van der Waals surface area contributed by atoms with Crippen LogP contribution in [0.2, 0.25) is 18.1 Å². The van der Waals surface area contributed by atoms with Crippen LogP contribution in [0.1, 0.15) is 80.2 Å². The van der Waals surface area contributed by atoms with E-state index < -0.39 is 56.2 Å². The van der Waals surface area contributed by atoms with Gasteiger partial charge < -0.3 is 29.3 Å². The molecule has 1 fully saturated rings.